The summed E-state index contributed by atoms with van der Waals surface area (Å²) < 4.78 is 10.2. The van der Waals surface area contributed by atoms with Gasteiger partial charge in [-0.15, -0.1) is 0 Å². The molecular weight excluding hydrogens is 342 g/mol. The van der Waals surface area contributed by atoms with E-state index in [9.17, 15) is 9.59 Å². The van der Waals surface area contributed by atoms with Crippen LogP contribution in [0.5, 0.6) is 5.75 Å². The second kappa shape index (κ2) is 9.08. The minimum Gasteiger partial charge on any atom is -0.482 e. The van der Waals surface area contributed by atoms with Crippen LogP contribution < -0.4 is 10.1 Å². The van der Waals surface area contributed by atoms with Crippen LogP contribution in [-0.2, 0) is 14.3 Å². The highest BCUT2D eigenvalue weighted by Gasteiger charge is 2.12. The maximum absolute atomic E-state index is 11.9. The van der Waals surface area contributed by atoms with E-state index in [0.717, 1.165) is 11.1 Å². The Balaban J connectivity index is 1.73. The number of rotatable bonds is 7. The number of ether oxygens (including phenoxy) is 2. The van der Waals surface area contributed by atoms with Gasteiger partial charge in [0.25, 0.3) is 5.91 Å². The lowest BCUT2D eigenvalue weighted by molar-refractivity contribution is -0.150. The van der Waals surface area contributed by atoms with Gasteiger partial charge < -0.3 is 14.8 Å². The van der Waals surface area contributed by atoms with Crippen LogP contribution in [0.2, 0.25) is 5.02 Å². The van der Waals surface area contributed by atoms with Gasteiger partial charge in [-0.1, -0.05) is 35.9 Å². The van der Waals surface area contributed by atoms with Crippen molar-refractivity contribution in [2.45, 2.75) is 19.9 Å². The number of amides is 1. The monoisotopic (exact) mass is 361 g/mol. The fourth-order valence-corrected chi connectivity index (χ4v) is 2.38. The largest absolute Gasteiger partial charge is 0.482 e. The second-order valence-electron chi connectivity index (χ2n) is 5.61. The molecule has 0 saturated carbocycles. The van der Waals surface area contributed by atoms with E-state index in [1.54, 1.807) is 18.2 Å². The number of hydrogen-bond acceptors (Lipinski definition) is 4. The number of aryl methyl sites for hydroxylation is 1. The number of carbonyl (C=O) groups excluding carboxylic acids is 2. The summed E-state index contributed by atoms with van der Waals surface area (Å²) in [6, 6.07) is 14.3. The number of esters is 1. The Morgan fingerprint density at radius 2 is 1.88 bits per heavy atom. The fraction of sp³-hybridized carbons (Fsp3) is 0.263. The fourth-order valence-electron chi connectivity index (χ4n) is 2.18. The average molecular weight is 362 g/mol. The van der Waals surface area contributed by atoms with Gasteiger partial charge in [0.15, 0.2) is 13.2 Å². The maximum atomic E-state index is 11.9. The Bertz CT molecular complexity index is 748. The van der Waals surface area contributed by atoms with Crippen molar-refractivity contribution >= 4 is 23.5 Å². The van der Waals surface area contributed by atoms with Gasteiger partial charge in [0.05, 0.1) is 6.04 Å². The maximum Gasteiger partial charge on any atom is 0.344 e. The van der Waals surface area contributed by atoms with Crippen LogP contribution in [0.15, 0.2) is 48.5 Å². The van der Waals surface area contributed by atoms with Crippen LogP contribution in [0.1, 0.15) is 24.1 Å². The lowest BCUT2D eigenvalue weighted by atomic mass is 10.1. The van der Waals surface area contributed by atoms with Crippen molar-refractivity contribution in [3.05, 3.63) is 64.7 Å². The molecule has 6 heteroatoms. The number of hydrogen-bond donors (Lipinski definition) is 1. The molecule has 0 aliphatic heterocycles. The molecule has 0 spiro atoms. The molecule has 2 aromatic rings. The van der Waals surface area contributed by atoms with Crippen molar-refractivity contribution in [1.82, 2.24) is 5.32 Å². The Kier molecular flexibility index (Phi) is 6.83. The molecule has 0 unspecified atom stereocenters. The van der Waals surface area contributed by atoms with Crippen molar-refractivity contribution in [3.8, 4) is 5.75 Å². The quantitative estimate of drug-likeness (QED) is 0.767. The van der Waals surface area contributed by atoms with Crippen LogP contribution in [0.3, 0.4) is 0 Å². The highest BCUT2D eigenvalue weighted by Crippen LogP contribution is 2.17. The SMILES string of the molecule is Cc1cccc(OCC(=O)OCC(=O)N[C@@H](C)c2cccc(Cl)c2)c1. The van der Waals surface area contributed by atoms with Crippen LogP contribution in [0.25, 0.3) is 0 Å². The van der Waals surface area contributed by atoms with Crippen molar-refractivity contribution in [2.75, 3.05) is 13.2 Å². The topological polar surface area (TPSA) is 64.6 Å². The van der Waals surface area contributed by atoms with Gasteiger partial charge in [-0.3, -0.25) is 4.79 Å². The van der Waals surface area contributed by atoms with E-state index in [0.29, 0.717) is 10.8 Å². The van der Waals surface area contributed by atoms with E-state index >= 15 is 0 Å². The minimum atomic E-state index is -0.605. The summed E-state index contributed by atoms with van der Waals surface area (Å²) in [7, 11) is 0. The first-order valence-electron chi connectivity index (χ1n) is 7.84. The zero-order valence-corrected chi connectivity index (χ0v) is 14.9. The second-order valence-corrected chi connectivity index (χ2v) is 6.05. The van der Waals surface area contributed by atoms with E-state index in [1.165, 1.54) is 0 Å². The Morgan fingerprint density at radius 3 is 2.60 bits per heavy atom. The van der Waals surface area contributed by atoms with Gasteiger partial charge in [-0.25, -0.2) is 4.79 Å². The normalized spacial score (nSPS) is 11.5. The summed E-state index contributed by atoms with van der Waals surface area (Å²) >= 11 is 5.93. The standard InChI is InChI=1S/C19H20ClNO4/c1-13-5-3-8-17(9-13)24-12-19(23)25-11-18(22)21-14(2)15-6-4-7-16(20)10-15/h3-10,14H,11-12H2,1-2H3,(H,21,22)/t14-/m0/s1. The van der Waals surface area contributed by atoms with Gasteiger partial charge >= 0.3 is 5.97 Å². The predicted octanol–water partition coefficient (Wildman–Crippen LogP) is 3.45. The van der Waals surface area contributed by atoms with Crippen LogP contribution in [0, 0.1) is 6.92 Å². The summed E-state index contributed by atoms with van der Waals surface area (Å²) in [5.74, 6) is -0.417. The van der Waals surface area contributed by atoms with Crippen molar-refractivity contribution < 1.29 is 19.1 Å². The Morgan fingerprint density at radius 1 is 1.12 bits per heavy atom. The molecule has 0 aromatic heterocycles. The predicted molar refractivity (Wildman–Crippen MR) is 95.6 cm³/mol. The number of carbonyl (C=O) groups is 2. The third-order valence-corrected chi connectivity index (χ3v) is 3.67. The van der Waals surface area contributed by atoms with Gasteiger partial charge in [0.1, 0.15) is 5.75 Å². The molecule has 0 aliphatic rings. The molecule has 2 aromatic carbocycles. The summed E-state index contributed by atoms with van der Waals surface area (Å²) in [5.41, 5.74) is 1.90. The Labute approximate surface area is 151 Å². The first-order valence-corrected chi connectivity index (χ1v) is 8.22. The molecule has 25 heavy (non-hydrogen) atoms. The molecule has 0 heterocycles. The molecule has 132 valence electrons. The number of halogens is 1. The molecule has 1 N–H and O–H groups in total. The zero-order chi connectivity index (χ0) is 18.2. The molecular formula is C19H20ClNO4. The highest BCUT2D eigenvalue weighted by atomic mass is 35.5. The molecule has 0 bridgehead atoms. The molecule has 5 nitrogen and oxygen atoms in total. The van der Waals surface area contributed by atoms with E-state index in [2.05, 4.69) is 5.32 Å². The van der Waals surface area contributed by atoms with Crippen molar-refractivity contribution in [1.29, 1.82) is 0 Å². The van der Waals surface area contributed by atoms with E-state index in [4.69, 9.17) is 21.1 Å². The lowest BCUT2D eigenvalue weighted by Crippen LogP contribution is -2.31. The van der Waals surface area contributed by atoms with E-state index < -0.39 is 11.9 Å². The highest BCUT2D eigenvalue weighted by molar-refractivity contribution is 6.30. The molecule has 1 atom stereocenters. The van der Waals surface area contributed by atoms with Gasteiger partial charge in [0.2, 0.25) is 0 Å². The molecule has 0 radical (unpaired) electrons. The molecule has 1 amide bonds. The van der Waals surface area contributed by atoms with Crippen LogP contribution in [0.4, 0.5) is 0 Å². The lowest BCUT2D eigenvalue weighted by Gasteiger charge is -2.14. The zero-order valence-electron chi connectivity index (χ0n) is 14.1. The van der Waals surface area contributed by atoms with Gasteiger partial charge in [-0.2, -0.15) is 0 Å². The van der Waals surface area contributed by atoms with Gasteiger partial charge in [0, 0.05) is 5.02 Å². The summed E-state index contributed by atoms with van der Waals surface area (Å²) in [5, 5.41) is 3.34. The third kappa shape index (κ3) is 6.47. The molecule has 0 fully saturated rings. The van der Waals surface area contributed by atoms with Crippen LogP contribution in [-0.4, -0.2) is 25.1 Å². The van der Waals surface area contributed by atoms with E-state index in [-0.39, 0.29) is 19.3 Å². The molecule has 0 aliphatic carbocycles. The molecule has 0 saturated heterocycles. The summed E-state index contributed by atoms with van der Waals surface area (Å²) in [4.78, 5) is 23.5. The van der Waals surface area contributed by atoms with Crippen molar-refractivity contribution in [3.63, 3.8) is 0 Å². The first kappa shape index (κ1) is 18.8. The smallest absolute Gasteiger partial charge is 0.344 e. The Hall–Kier alpha value is -2.53. The number of nitrogens with one attached hydrogen (secondary N) is 1. The average Bonchev–Trinajstić information content (AvgIpc) is 2.58. The van der Waals surface area contributed by atoms with Crippen LogP contribution >= 0.6 is 11.6 Å². The van der Waals surface area contributed by atoms with Crippen molar-refractivity contribution in [2.24, 2.45) is 0 Å². The summed E-state index contributed by atoms with van der Waals surface area (Å²) in [6.45, 7) is 3.14. The third-order valence-electron chi connectivity index (χ3n) is 3.44. The summed E-state index contributed by atoms with van der Waals surface area (Å²) in [6.07, 6.45) is 0. The molecule has 2 rings (SSSR count). The number of benzene rings is 2. The van der Waals surface area contributed by atoms with E-state index in [1.807, 2.05) is 44.2 Å². The van der Waals surface area contributed by atoms with Gasteiger partial charge in [-0.05, 0) is 49.2 Å². The minimum absolute atomic E-state index is 0.242. The first-order chi connectivity index (χ1) is 11.9.